The second kappa shape index (κ2) is 4.02. The van der Waals surface area contributed by atoms with Crippen LogP contribution in [0.25, 0.3) is 0 Å². The molecule has 0 spiro atoms. The number of rotatable bonds is 3. The molecule has 0 unspecified atom stereocenters. The molecule has 0 fully saturated rings. The highest BCUT2D eigenvalue weighted by atomic mass is 32.2. The molecule has 0 amide bonds. The molecule has 16 heavy (non-hydrogen) atoms. The van der Waals surface area contributed by atoms with Gasteiger partial charge in [-0.2, -0.15) is 0 Å². The third-order valence-corrected chi connectivity index (χ3v) is 3.26. The van der Waals surface area contributed by atoms with Crippen molar-refractivity contribution in [2.45, 2.75) is 0 Å². The van der Waals surface area contributed by atoms with Crippen LogP contribution < -0.4 is 0 Å². The van der Waals surface area contributed by atoms with E-state index in [1.165, 1.54) is 18.2 Å². The lowest BCUT2D eigenvalue weighted by Crippen LogP contribution is -2.19. The zero-order chi connectivity index (χ0) is 12.5. The molecular weight excluding hydrogens is 226 g/mol. The van der Waals surface area contributed by atoms with E-state index >= 15 is 0 Å². The van der Waals surface area contributed by atoms with Gasteiger partial charge in [-0.25, -0.2) is 8.42 Å². The Morgan fingerprint density at radius 2 is 2.00 bits per heavy atom. The van der Waals surface area contributed by atoms with Crippen LogP contribution in [-0.2, 0) is 14.6 Å². The predicted octanol–water partition coefficient (Wildman–Crippen LogP) is 1.19. The Hall–Kier alpha value is -1.75. The summed E-state index contributed by atoms with van der Waals surface area (Å²) in [4.78, 5) is 11.4. The molecule has 4 nitrogen and oxygen atoms in total. The number of carbonyl (C=O) groups is 1. The Morgan fingerprint density at radius 1 is 1.44 bits per heavy atom. The van der Waals surface area contributed by atoms with Crippen LogP contribution in [0.1, 0.15) is 0 Å². The Kier molecular flexibility index (Phi) is 3.09. The van der Waals surface area contributed by atoms with Crippen LogP contribution in [0.15, 0.2) is 47.4 Å². The van der Waals surface area contributed by atoms with E-state index in [-0.39, 0.29) is 21.8 Å². The standard InChI is InChI=1S/C11H11NO3S/c1-4-8-9(7(2)16(3,14)15)5-6-10(12)11(8)13/h4-6,12H,1-2H2,3H3. The largest absolute Gasteiger partial charge is 0.297 e. The summed E-state index contributed by atoms with van der Waals surface area (Å²) in [5.74, 6) is -0.544. The van der Waals surface area contributed by atoms with Gasteiger partial charge >= 0.3 is 0 Å². The summed E-state index contributed by atoms with van der Waals surface area (Å²) in [6, 6.07) is 0. The van der Waals surface area contributed by atoms with Crippen LogP contribution in [0.2, 0.25) is 0 Å². The van der Waals surface area contributed by atoms with Crippen LogP contribution in [0.4, 0.5) is 0 Å². The van der Waals surface area contributed by atoms with Gasteiger partial charge in [0.15, 0.2) is 9.84 Å². The Labute approximate surface area is 94.1 Å². The highest BCUT2D eigenvalue weighted by Gasteiger charge is 2.23. The monoisotopic (exact) mass is 237 g/mol. The summed E-state index contributed by atoms with van der Waals surface area (Å²) in [5.41, 5.74) is 0.112. The van der Waals surface area contributed by atoms with E-state index in [0.717, 1.165) is 6.26 Å². The van der Waals surface area contributed by atoms with Crippen molar-refractivity contribution >= 4 is 21.3 Å². The number of nitrogens with one attached hydrogen (secondary N) is 1. The minimum absolute atomic E-state index is 0.0999. The summed E-state index contributed by atoms with van der Waals surface area (Å²) in [6.07, 6.45) is 4.90. The lowest BCUT2D eigenvalue weighted by molar-refractivity contribution is -0.109. The van der Waals surface area contributed by atoms with Crippen molar-refractivity contribution in [1.29, 1.82) is 5.41 Å². The van der Waals surface area contributed by atoms with Crippen molar-refractivity contribution in [2.24, 2.45) is 0 Å². The second-order valence-electron chi connectivity index (χ2n) is 3.30. The van der Waals surface area contributed by atoms with Crippen molar-refractivity contribution in [1.82, 2.24) is 0 Å². The Bertz CT molecular complexity index is 562. The van der Waals surface area contributed by atoms with Crippen molar-refractivity contribution in [3.05, 3.63) is 47.4 Å². The minimum atomic E-state index is -3.46. The summed E-state index contributed by atoms with van der Waals surface area (Å²) < 4.78 is 22.6. The second-order valence-corrected chi connectivity index (χ2v) is 5.34. The third kappa shape index (κ3) is 2.09. The SMILES string of the molecule is C=CC1=C(C(=C)S(C)(=O)=O)C=CC(=N)C1=O. The van der Waals surface area contributed by atoms with E-state index in [2.05, 4.69) is 13.2 Å². The number of Topliss-reactive ketones (excluding diaryl/α,β-unsaturated/α-hetero) is 1. The molecule has 0 radical (unpaired) electrons. The van der Waals surface area contributed by atoms with Gasteiger partial charge in [0, 0.05) is 17.4 Å². The van der Waals surface area contributed by atoms with E-state index in [4.69, 9.17) is 5.41 Å². The van der Waals surface area contributed by atoms with Gasteiger partial charge in [-0.15, -0.1) is 0 Å². The quantitative estimate of drug-likeness (QED) is 0.749. The summed E-state index contributed by atoms with van der Waals surface area (Å²) in [7, 11) is -3.46. The molecule has 5 heteroatoms. The molecule has 0 saturated carbocycles. The van der Waals surface area contributed by atoms with Gasteiger partial charge in [0.25, 0.3) is 0 Å². The molecule has 1 N–H and O–H groups in total. The number of hydrogen-bond donors (Lipinski definition) is 1. The smallest absolute Gasteiger partial charge is 0.211 e. The molecule has 0 atom stereocenters. The lowest BCUT2D eigenvalue weighted by Gasteiger charge is -2.13. The summed E-state index contributed by atoms with van der Waals surface area (Å²) in [5, 5.41) is 7.32. The molecule has 0 saturated heterocycles. The molecular formula is C11H11NO3S. The van der Waals surface area contributed by atoms with Gasteiger partial charge in [0.05, 0.1) is 4.91 Å². The van der Waals surface area contributed by atoms with Crippen LogP contribution in [0.5, 0.6) is 0 Å². The zero-order valence-electron chi connectivity index (χ0n) is 8.78. The highest BCUT2D eigenvalue weighted by Crippen LogP contribution is 2.24. The Balaban J connectivity index is 3.43. The molecule has 0 aromatic heterocycles. The maximum atomic E-state index is 11.6. The maximum absolute atomic E-state index is 11.6. The van der Waals surface area contributed by atoms with Gasteiger partial charge in [0.1, 0.15) is 5.71 Å². The van der Waals surface area contributed by atoms with Crippen molar-refractivity contribution < 1.29 is 13.2 Å². The summed E-state index contributed by atoms with van der Waals surface area (Å²) in [6.45, 7) is 6.88. The topological polar surface area (TPSA) is 75.1 Å². The highest BCUT2D eigenvalue weighted by molar-refractivity contribution is 7.94. The van der Waals surface area contributed by atoms with Crippen molar-refractivity contribution in [3.63, 3.8) is 0 Å². The van der Waals surface area contributed by atoms with Crippen LogP contribution in [-0.4, -0.2) is 26.2 Å². The molecule has 0 aromatic carbocycles. The van der Waals surface area contributed by atoms with Gasteiger partial charge in [-0.05, 0) is 6.08 Å². The molecule has 1 rings (SSSR count). The molecule has 0 aromatic rings. The van der Waals surface area contributed by atoms with E-state index in [9.17, 15) is 13.2 Å². The zero-order valence-corrected chi connectivity index (χ0v) is 9.60. The number of carbonyl (C=O) groups excluding carboxylic acids is 1. The number of sulfone groups is 1. The summed E-state index contributed by atoms with van der Waals surface area (Å²) >= 11 is 0. The van der Waals surface area contributed by atoms with Gasteiger partial charge in [-0.3, -0.25) is 10.2 Å². The van der Waals surface area contributed by atoms with E-state index in [1.54, 1.807) is 0 Å². The molecule has 0 bridgehead atoms. The van der Waals surface area contributed by atoms with Gasteiger partial charge in [0.2, 0.25) is 5.78 Å². The first-order chi connectivity index (χ1) is 7.29. The maximum Gasteiger partial charge on any atom is 0.211 e. The van der Waals surface area contributed by atoms with E-state index in [1.807, 2.05) is 0 Å². The van der Waals surface area contributed by atoms with Crippen LogP contribution >= 0.6 is 0 Å². The first-order valence-electron chi connectivity index (χ1n) is 4.36. The average Bonchev–Trinajstić information content (AvgIpc) is 2.19. The molecule has 0 aliphatic heterocycles. The number of allylic oxidation sites excluding steroid dienone is 5. The van der Waals surface area contributed by atoms with Crippen molar-refractivity contribution in [3.8, 4) is 0 Å². The third-order valence-electron chi connectivity index (χ3n) is 2.15. The molecule has 84 valence electrons. The minimum Gasteiger partial charge on any atom is -0.297 e. The van der Waals surface area contributed by atoms with Crippen LogP contribution in [0, 0.1) is 5.41 Å². The predicted molar refractivity (Wildman–Crippen MR) is 63.1 cm³/mol. The fourth-order valence-electron chi connectivity index (χ4n) is 1.25. The van der Waals surface area contributed by atoms with Gasteiger partial charge in [-0.1, -0.05) is 25.3 Å². The Morgan fingerprint density at radius 3 is 2.44 bits per heavy atom. The number of hydrogen-bond acceptors (Lipinski definition) is 4. The fraction of sp³-hybridized carbons (Fsp3) is 0.0909. The lowest BCUT2D eigenvalue weighted by atomic mass is 9.95. The normalized spacial score (nSPS) is 16.6. The van der Waals surface area contributed by atoms with E-state index in [0.29, 0.717) is 0 Å². The molecule has 0 heterocycles. The van der Waals surface area contributed by atoms with Gasteiger partial charge < -0.3 is 0 Å². The average molecular weight is 237 g/mol. The van der Waals surface area contributed by atoms with E-state index < -0.39 is 15.6 Å². The first-order valence-corrected chi connectivity index (χ1v) is 6.25. The fourth-order valence-corrected chi connectivity index (χ4v) is 1.82. The number of ketones is 1. The first kappa shape index (κ1) is 12.3. The van der Waals surface area contributed by atoms with Crippen molar-refractivity contribution in [2.75, 3.05) is 6.26 Å². The molecule has 1 aliphatic carbocycles. The molecule has 1 aliphatic rings. The van der Waals surface area contributed by atoms with Crippen LogP contribution in [0.3, 0.4) is 0 Å².